The summed E-state index contributed by atoms with van der Waals surface area (Å²) in [6.07, 6.45) is 5.83. The van der Waals surface area contributed by atoms with Crippen LogP contribution in [0.3, 0.4) is 0 Å². The highest BCUT2D eigenvalue weighted by Crippen LogP contribution is 2.36. The molecular formula is C31H32N4O3S. The third kappa shape index (κ3) is 4.55. The fourth-order valence-corrected chi connectivity index (χ4v) is 6.32. The zero-order valence-corrected chi connectivity index (χ0v) is 23.5. The van der Waals surface area contributed by atoms with Gasteiger partial charge in [0.15, 0.2) is 4.80 Å². The van der Waals surface area contributed by atoms with Gasteiger partial charge in [-0.15, -0.1) is 6.58 Å². The highest BCUT2D eigenvalue weighted by atomic mass is 32.1. The molecule has 0 N–H and O–H groups in total. The van der Waals surface area contributed by atoms with Gasteiger partial charge in [0, 0.05) is 47.9 Å². The summed E-state index contributed by atoms with van der Waals surface area (Å²) in [5, 5.41) is 1.06. The van der Waals surface area contributed by atoms with Gasteiger partial charge in [-0.05, 0) is 39.0 Å². The van der Waals surface area contributed by atoms with Crippen LogP contribution >= 0.6 is 11.3 Å². The van der Waals surface area contributed by atoms with Crippen molar-refractivity contribution in [3.63, 3.8) is 0 Å². The molecule has 0 aliphatic carbocycles. The maximum Gasteiger partial charge on any atom is 0.271 e. The molecule has 39 heavy (non-hydrogen) atoms. The Bertz CT molecular complexity index is 1790. The van der Waals surface area contributed by atoms with E-state index in [1.54, 1.807) is 16.6 Å². The molecule has 1 aliphatic rings. The second kappa shape index (κ2) is 10.9. The van der Waals surface area contributed by atoms with Gasteiger partial charge >= 0.3 is 0 Å². The molecule has 1 atom stereocenters. The molecule has 0 saturated carbocycles. The highest BCUT2D eigenvalue weighted by Gasteiger charge is 2.35. The van der Waals surface area contributed by atoms with Crippen LogP contribution in [-0.2, 0) is 11.3 Å². The van der Waals surface area contributed by atoms with Gasteiger partial charge in [0.1, 0.15) is 11.8 Å². The molecule has 0 bridgehead atoms. The third-order valence-electron chi connectivity index (χ3n) is 7.17. The molecule has 8 heteroatoms. The molecule has 0 unspecified atom stereocenters. The van der Waals surface area contributed by atoms with Crippen LogP contribution in [0.1, 0.15) is 37.9 Å². The minimum Gasteiger partial charge on any atom is -0.496 e. The van der Waals surface area contributed by atoms with Gasteiger partial charge in [-0.2, -0.15) is 0 Å². The number of hydrogen-bond donors (Lipinski definition) is 0. The van der Waals surface area contributed by atoms with Crippen LogP contribution in [0.15, 0.2) is 88.4 Å². The standard InChI is InChI=1S/C31H32N4O3S/c1-6-17-34-19-21(22-13-9-11-15-24(22)34)18-26-29(36)35-28(23-14-10-12-16-25(23)38-5)27(20(4)32-31(35)39-26)30(37)33(7-2)8-3/h6,9-16,18-19,28H,1,7-8,17H2,2-5H3/b26-18+/t28-/m1/s1. The van der Waals surface area contributed by atoms with Crippen LogP contribution in [0, 0.1) is 0 Å². The minimum atomic E-state index is -0.658. The number of amides is 1. The zero-order chi connectivity index (χ0) is 27.7. The number of nitrogens with zero attached hydrogens (tertiary/aromatic N) is 4. The summed E-state index contributed by atoms with van der Waals surface area (Å²) >= 11 is 1.34. The number of rotatable bonds is 8. The summed E-state index contributed by atoms with van der Waals surface area (Å²) in [5.41, 5.74) is 3.68. The van der Waals surface area contributed by atoms with Crippen molar-refractivity contribution < 1.29 is 9.53 Å². The van der Waals surface area contributed by atoms with Crippen LogP contribution in [-0.4, -0.2) is 40.1 Å². The number of benzene rings is 2. The smallest absolute Gasteiger partial charge is 0.271 e. The predicted octanol–water partition coefficient (Wildman–Crippen LogP) is 4.25. The first-order valence-corrected chi connectivity index (χ1v) is 13.9. The lowest BCUT2D eigenvalue weighted by Gasteiger charge is -2.29. The van der Waals surface area contributed by atoms with Gasteiger partial charge in [-0.1, -0.05) is 53.8 Å². The Hall–Kier alpha value is -4.17. The van der Waals surface area contributed by atoms with E-state index in [9.17, 15) is 9.59 Å². The van der Waals surface area contributed by atoms with Crippen molar-refractivity contribution in [3.8, 4) is 5.75 Å². The molecule has 0 fully saturated rings. The van der Waals surface area contributed by atoms with Gasteiger partial charge in [0.2, 0.25) is 0 Å². The van der Waals surface area contributed by atoms with Crippen LogP contribution < -0.4 is 19.6 Å². The van der Waals surface area contributed by atoms with Crippen molar-refractivity contribution in [3.05, 3.63) is 109 Å². The summed E-state index contributed by atoms with van der Waals surface area (Å²) in [6, 6.07) is 15.0. The second-order valence-corrected chi connectivity index (χ2v) is 10.4. The largest absolute Gasteiger partial charge is 0.496 e. The quantitative estimate of drug-likeness (QED) is 0.314. The van der Waals surface area contributed by atoms with E-state index in [0.717, 1.165) is 22.0 Å². The minimum absolute atomic E-state index is 0.126. The number of methoxy groups -OCH3 is 1. The van der Waals surface area contributed by atoms with E-state index in [4.69, 9.17) is 9.73 Å². The van der Waals surface area contributed by atoms with Gasteiger partial charge in [0.05, 0.1) is 22.9 Å². The van der Waals surface area contributed by atoms with Gasteiger partial charge in [0.25, 0.3) is 11.5 Å². The van der Waals surface area contributed by atoms with Gasteiger partial charge in [-0.25, -0.2) is 4.99 Å². The second-order valence-electron chi connectivity index (χ2n) is 9.34. The summed E-state index contributed by atoms with van der Waals surface area (Å²) in [7, 11) is 1.60. The van der Waals surface area contributed by atoms with Crippen molar-refractivity contribution in [2.75, 3.05) is 20.2 Å². The Labute approximate surface area is 231 Å². The lowest BCUT2D eigenvalue weighted by Crippen LogP contribution is -2.43. The summed E-state index contributed by atoms with van der Waals surface area (Å²) in [6.45, 7) is 11.4. The van der Waals surface area contributed by atoms with E-state index < -0.39 is 6.04 Å². The van der Waals surface area contributed by atoms with Gasteiger partial charge in [-0.3, -0.25) is 14.2 Å². The van der Waals surface area contributed by atoms with Crippen LogP contribution in [0.5, 0.6) is 5.75 Å². The number of allylic oxidation sites excluding steroid dienone is 2. The van der Waals surface area contributed by atoms with E-state index in [0.29, 0.717) is 46.0 Å². The molecule has 200 valence electrons. The molecule has 4 aromatic rings. The molecule has 0 saturated heterocycles. The predicted molar refractivity (Wildman–Crippen MR) is 157 cm³/mol. The Balaban J connectivity index is 1.77. The third-order valence-corrected chi connectivity index (χ3v) is 8.15. The summed E-state index contributed by atoms with van der Waals surface area (Å²) in [4.78, 5) is 35.1. The zero-order valence-electron chi connectivity index (χ0n) is 22.7. The Morgan fingerprint density at radius 3 is 2.59 bits per heavy atom. The number of fused-ring (bicyclic) bond motifs is 2. The Morgan fingerprint density at radius 1 is 1.15 bits per heavy atom. The van der Waals surface area contributed by atoms with Crippen LogP contribution in [0.4, 0.5) is 0 Å². The molecule has 7 nitrogen and oxygen atoms in total. The van der Waals surface area contributed by atoms with Crippen molar-refractivity contribution in [1.29, 1.82) is 0 Å². The monoisotopic (exact) mass is 540 g/mol. The number of carbonyl (C=O) groups is 1. The number of ether oxygens (including phenoxy) is 1. The molecule has 2 aromatic heterocycles. The highest BCUT2D eigenvalue weighted by molar-refractivity contribution is 7.07. The molecular weight excluding hydrogens is 508 g/mol. The van der Waals surface area contributed by atoms with Crippen LogP contribution in [0.25, 0.3) is 17.0 Å². The number of para-hydroxylation sites is 2. The van der Waals surface area contributed by atoms with E-state index in [1.807, 2.05) is 75.5 Å². The topological polar surface area (TPSA) is 68.8 Å². The normalized spacial score (nSPS) is 15.3. The maximum atomic E-state index is 14.1. The fourth-order valence-electron chi connectivity index (χ4n) is 5.28. The van der Waals surface area contributed by atoms with Crippen molar-refractivity contribution in [2.24, 2.45) is 4.99 Å². The number of aromatic nitrogens is 2. The lowest BCUT2D eigenvalue weighted by molar-refractivity contribution is -0.127. The van der Waals surface area contributed by atoms with Crippen molar-refractivity contribution in [1.82, 2.24) is 14.0 Å². The molecule has 3 heterocycles. The van der Waals surface area contributed by atoms with E-state index in [1.165, 1.54) is 11.3 Å². The first-order valence-electron chi connectivity index (χ1n) is 13.1. The molecule has 2 aromatic carbocycles. The lowest BCUT2D eigenvalue weighted by atomic mass is 9.94. The number of thiazole rings is 1. The Kier molecular flexibility index (Phi) is 7.39. The molecule has 1 aliphatic heterocycles. The maximum absolute atomic E-state index is 14.1. The SMILES string of the molecule is C=CCn1cc(/C=c2/sc3n(c2=O)[C@H](c2ccccc2OC)C(C(=O)N(CC)CC)=C(C)N=3)c2ccccc21. The molecule has 5 rings (SSSR count). The fraction of sp³-hybridized carbons (Fsp3) is 0.258. The first kappa shape index (κ1) is 26.4. The Morgan fingerprint density at radius 2 is 1.87 bits per heavy atom. The van der Waals surface area contributed by atoms with Crippen molar-refractivity contribution in [2.45, 2.75) is 33.4 Å². The van der Waals surface area contributed by atoms with Crippen LogP contribution in [0.2, 0.25) is 0 Å². The molecule has 0 radical (unpaired) electrons. The van der Waals surface area contributed by atoms with E-state index >= 15 is 0 Å². The number of carbonyl (C=O) groups excluding carboxylic acids is 1. The number of hydrogen-bond acceptors (Lipinski definition) is 5. The van der Waals surface area contributed by atoms with Gasteiger partial charge < -0.3 is 14.2 Å². The first-order chi connectivity index (χ1) is 18.9. The molecule has 1 amide bonds. The molecule has 0 spiro atoms. The average Bonchev–Trinajstić information content (AvgIpc) is 3.45. The van der Waals surface area contributed by atoms with E-state index in [2.05, 4.69) is 23.3 Å². The summed E-state index contributed by atoms with van der Waals surface area (Å²) in [5.74, 6) is 0.489. The van der Waals surface area contributed by atoms with Crippen molar-refractivity contribution >= 4 is 34.2 Å². The summed E-state index contributed by atoms with van der Waals surface area (Å²) < 4.78 is 10.0. The average molecular weight is 541 g/mol. The van der Waals surface area contributed by atoms with E-state index in [-0.39, 0.29) is 11.5 Å². The number of likely N-dealkylation sites (N-methyl/N-ethyl adjacent to an activating group) is 1.